The molecule has 0 amide bonds. The Labute approximate surface area is 130 Å². The van der Waals surface area contributed by atoms with Gasteiger partial charge in [-0.2, -0.15) is 0 Å². The summed E-state index contributed by atoms with van der Waals surface area (Å²) >= 11 is 6.20. The fraction of sp³-hybridized carbons (Fsp3) is 1.00. The third-order valence-electron chi connectivity index (χ3n) is 5.05. The molecule has 1 rings (SSSR count). The van der Waals surface area contributed by atoms with Crippen LogP contribution in [0, 0.1) is 11.3 Å². The van der Waals surface area contributed by atoms with Crippen molar-refractivity contribution in [3.63, 3.8) is 0 Å². The van der Waals surface area contributed by atoms with Crippen molar-refractivity contribution in [2.75, 3.05) is 11.6 Å². The summed E-state index contributed by atoms with van der Waals surface area (Å²) in [6.45, 7) is 5.78. The Morgan fingerprint density at radius 2 is 1.85 bits per heavy atom. The SMILES string of the molecule is CCCCC1CCC(CCl)(CCS(=O)(=O)C(C)C)CC1. The summed E-state index contributed by atoms with van der Waals surface area (Å²) in [4.78, 5) is 0. The number of hydrogen-bond acceptors (Lipinski definition) is 2. The van der Waals surface area contributed by atoms with Crippen LogP contribution in [-0.4, -0.2) is 25.3 Å². The summed E-state index contributed by atoms with van der Waals surface area (Å²) in [6, 6.07) is 0. The van der Waals surface area contributed by atoms with E-state index >= 15 is 0 Å². The fourth-order valence-corrected chi connectivity index (χ4v) is 4.71. The summed E-state index contributed by atoms with van der Waals surface area (Å²) in [7, 11) is -2.93. The second-order valence-corrected chi connectivity index (χ2v) is 9.83. The zero-order chi connectivity index (χ0) is 15.2. The van der Waals surface area contributed by atoms with Crippen LogP contribution >= 0.6 is 11.6 Å². The van der Waals surface area contributed by atoms with Crippen LogP contribution < -0.4 is 0 Å². The number of sulfone groups is 1. The van der Waals surface area contributed by atoms with E-state index in [9.17, 15) is 8.42 Å². The average Bonchev–Trinajstić information content (AvgIpc) is 2.44. The Morgan fingerprint density at radius 1 is 1.25 bits per heavy atom. The molecule has 0 bridgehead atoms. The molecule has 0 N–H and O–H groups in total. The molecule has 1 aliphatic rings. The van der Waals surface area contributed by atoms with E-state index in [1.807, 2.05) is 0 Å². The zero-order valence-electron chi connectivity index (χ0n) is 13.3. The van der Waals surface area contributed by atoms with E-state index in [2.05, 4.69) is 6.92 Å². The van der Waals surface area contributed by atoms with Gasteiger partial charge >= 0.3 is 0 Å². The molecule has 120 valence electrons. The maximum Gasteiger partial charge on any atom is 0.152 e. The standard InChI is InChI=1S/C16H31ClO2S/c1-4-5-6-15-7-9-16(13-17,10-8-15)11-12-20(18,19)14(2)3/h14-15H,4-13H2,1-3H3. The van der Waals surface area contributed by atoms with Gasteiger partial charge in [0.25, 0.3) is 0 Å². The lowest BCUT2D eigenvalue weighted by atomic mass is 9.69. The predicted octanol–water partition coefficient (Wildman–Crippen LogP) is 4.81. The minimum absolute atomic E-state index is 0.0756. The Bertz CT molecular complexity index is 368. The molecule has 0 aliphatic heterocycles. The first kappa shape index (κ1) is 18.3. The van der Waals surface area contributed by atoms with Crippen molar-refractivity contribution in [3.05, 3.63) is 0 Å². The van der Waals surface area contributed by atoms with E-state index in [4.69, 9.17) is 11.6 Å². The highest BCUT2D eigenvalue weighted by Crippen LogP contribution is 2.44. The molecule has 2 nitrogen and oxygen atoms in total. The van der Waals surface area contributed by atoms with Gasteiger partial charge in [-0.1, -0.05) is 26.2 Å². The third kappa shape index (κ3) is 5.22. The summed E-state index contributed by atoms with van der Waals surface area (Å²) in [5.41, 5.74) is 0.0756. The van der Waals surface area contributed by atoms with Crippen LogP contribution in [0.15, 0.2) is 0 Å². The summed E-state index contributed by atoms with van der Waals surface area (Å²) in [5, 5.41) is -0.268. The first-order valence-corrected chi connectivity index (χ1v) is 10.4. The second kappa shape index (κ2) is 8.03. The number of unbranched alkanes of at least 4 members (excludes halogenated alkanes) is 1. The van der Waals surface area contributed by atoms with Crippen molar-refractivity contribution < 1.29 is 8.42 Å². The van der Waals surface area contributed by atoms with Gasteiger partial charge in [0.15, 0.2) is 9.84 Å². The highest BCUT2D eigenvalue weighted by Gasteiger charge is 2.35. The smallest absolute Gasteiger partial charge is 0.152 e. The van der Waals surface area contributed by atoms with E-state index in [1.165, 1.54) is 32.1 Å². The molecule has 0 aromatic rings. The molecule has 1 fully saturated rings. The third-order valence-corrected chi connectivity index (χ3v) is 7.83. The van der Waals surface area contributed by atoms with E-state index in [1.54, 1.807) is 13.8 Å². The van der Waals surface area contributed by atoms with Crippen LogP contribution in [-0.2, 0) is 9.84 Å². The minimum Gasteiger partial charge on any atom is -0.229 e. The van der Waals surface area contributed by atoms with E-state index < -0.39 is 9.84 Å². The molecular weight excluding hydrogens is 292 g/mol. The van der Waals surface area contributed by atoms with Crippen LogP contribution in [0.2, 0.25) is 0 Å². The van der Waals surface area contributed by atoms with Crippen LogP contribution in [0.5, 0.6) is 0 Å². The number of hydrogen-bond donors (Lipinski definition) is 0. The molecule has 1 saturated carbocycles. The van der Waals surface area contributed by atoms with Crippen molar-refractivity contribution in [3.8, 4) is 0 Å². The normalized spacial score (nSPS) is 27.9. The van der Waals surface area contributed by atoms with E-state index in [0.29, 0.717) is 11.6 Å². The van der Waals surface area contributed by atoms with Gasteiger partial charge in [-0.05, 0) is 57.3 Å². The highest BCUT2D eigenvalue weighted by molar-refractivity contribution is 7.91. The average molecular weight is 323 g/mol. The fourth-order valence-electron chi connectivity index (χ4n) is 3.12. The highest BCUT2D eigenvalue weighted by atomic mass is 35.5. The van der Waals surface area contributed by atoms with Gasteiger partial charge in [0.2, 0.25) is 0 Å². The molecule has 4 heteroatoms. The van der Waals surface area contributed by atoms with Crippen molar-refractivity contribution in [1.82, 2.24) is 0 Å². The second-order valence-electron chi connectivity index (χ2n) is 6.88. The quantitative estimate of drug-likeness (QED) is 0.601. The van der Waals surface area contributed by atoms with Crippen molar-refractivity contribution in [2.24, 2.45) is 11.3 Å². The molecule has 0 saturated heterocycles. The van der Waals surface area contributed by atoms with Crippen LogP contribution in [0.4, 0.5) is 0 Å². The van der Waals surface area contributed by atoms with E-state index in [0.717, 1.165) is 25.2 Å². The summed E-state index contributed by atoms with van der Waals surface area (Å²) < 4.78 is 24.0. The van der Waals surface area contributed by atoms with Crippen LogP contribution in [0.1, 0.15) is 72.1 Å². The van der Waals surface area contributed by atoms with Crippen LogP contribution in [0.25, 0.3) is 0 Å². The molecule has 0 heterocycles. The molecule has 1 aliphatic carbocycles. The lowest BCUT2D eigenvalue weighted by molar-refractivity contribution is 0.162. The topological polar surface area (TPSA) is 34.1 Å². The lowest BCUT2D eigenvalue weighted by Crippen LogP contribution is -2.32. The van der Waals surface area contributed by atoms with Gasteiger partial charge in [0, 0.05) is 5.88 Å². The minimum atomic E-state index is -2.93. The molecule has 0 unspecified atom stereocenters. The maximum atomic E-state index is 12.0. The zero-order valence-corrected chi connectivity index (χ0v) is 14.9. The van der Waals surface area contributed by atoms with Crippen LogP contribution in [0.3, 0.4) is 0 Å². The Morgan fingerprint density at radius 3 is 2.30 bits per heavy atom. The molecule has 0 spiro atoms. The van der Waals surface area contributed by atoms with Crippen molar-refractivity contribution in [1.29, 1.82) is 0 Å². The number of halogens is 1. The number of rotatable bonds is 8. The van der Waals surface area contributed by atoms with Gasteiger partial charge < -0.3 is 0 Å². The van der Waals surface area contributed by atoms with Crippen molar-refractivity contribution >= 4 is 21.4 Å². The Kier molecular flexibility index (Phi) is 7.34. The first-order valence-electron chi connectivity index (χ1n) is 8.13. The predicted molar refractivity (Wildman–Crippen MR) is 88.2 cm³/mol. The molecule has 0 atom stereocenters. The van der Waals surface area contributed by atoms with Gasteiger partial charge in [0.05, 0.1) is 11.0 Å². The van der Waals surface area contributed by atoms with Gasteiger partial charge in [0.1, 0.15) is 0 Å². The largest absolute Gasteiger partial charge is 0.229 e. The lowest BCUT2D eigenvalue weighted by Gasteiger charge is -2.39. The molecular formula is C16H31ClO2S. The monoisotopic (exact) mass is 322 g/mol. The first-order chi connectivity index (χ1) is 9.35. The van der Waals surface area contributed by atoms with Crippen molar-refractivity contribution in [2.45, 2.75) is 77.4 Å². The van der Waals surface area contributed by atoms with Gasteiger partial charge in [-0.3, -0.25) is 0 Å². The molecule has 20 heavy (non-hydrogen) atoms. The van der Waals surface area contributed by atoms with Gasteiger partial charge in [-0.25, -0.2) is 8.42 Å². The van der Waals surface area contributed by atoms with E-state index in [-0.39, 0.29) is 10.7 Å². The molecule has 0 aromatic carbocycles. The summed E-state index contributed by atoms with van der Waals surface area (Å²) in [6.07, 6.45) is 9.35. The molecule has 0 radical (unpaired) electrons. The maximum absolute atomic E-state index is 12.0. The van der Waals surface area contributed by atoms with Gasteiger partial charge in [-0.15, -0.1) is 11.6 Å². The summed E-state index contributed by atoms with van der Waals surface area (Å²) in [5.74, 6) is 1.76. The number of alkyl halides is 1. The Balaban J connectivity index is 2.50. The Hall–Kier alpha value is 0.240. The molecule has 0 aromatic heterocycles.